The normalized spacial score (nSPS) is 9.84. The molecule has 19 heavy (non-hydrogen) atoms. The van der Waals surface area contributed by atoms with Crippen LogP contribution in [0.3, 0.4) is 0 Å². The molecule has 1 heterocycles. The van der Waals surface area contributed by atoms with E-state index in [1.807, 2.05) is 0 Å². The van der Waals surface area contributed by atoms with E-state index in [9.17, 15) is 14.4 Å². The highest BCUT2D eigenvalue weighted by Gasteiger charge is 2.14. The molecule has 0 unspecified atom stereocenters. The van der Waals surface area contributed by atoms with E-state index in [0.717, 1.165) is 10.6 Å². The number of carbonyl (C=O) groups excluding carboxylic acids is 1. The molecule has 0 saturated carbocycles. The fourth-order valence-electron chi connectivity index (χ4n) is 1.63. The summed E-state index contributed by atoms with van der Waals surface area (Å²) in [7, 11) is 0. The number of nitrogens with zero attached hydrogens (tertiary/aromatic N) is 2. The van der Waals surface area contributed by atoms with Crippen molar-refractivity contribution in [3.05, 3.63) is 69.0 Å². The molecule has 0 aliphatic heterocycles. The van der Waals surface area contributed by atoms with Gasteiger partial charge in [0.25, 0.3) is 11.5 Å². The SMILES string of the molecule is C#CCn1ccc(=O)n(C(=O)c2ccccc2)c1=O. The second kappa shape index (κ2) is 5.19. The zero-order valence-electron chi connectivity index (χ0n) is 9.95. The van der Waals surface area contributed by atoms with E-state index in [1.165, 1.54) is 18.3 Å². The molecule has 5 nitrogen and oxygen atoms in total. The first kappa shape index (κ1) is 12.6. The van der Waals surface area contributed by atoms with Crippen molar-refractivity contribution in [1.82, 2.24) is 9.13 Å². The van der Waals surface area contributed by atoms with E-state index in [4.69, 9.17) is 6.42 Å². The van der Waals surface area contributed by atoms with Crippen molar-refractivity contribution in [1.29, 1.82) is 0 Å². The fourth-order valence-corrected chi connectivity index (χ4v) is 1.63. The predicted octanol–water partition coefficient (Wildman–Crippen LogP) is 0.332. The van der Waals surface area contributed by atoms with Gasteiger partial charge in [0.1, 0.15) is 0 Å². The van der Waals surface area contributed by atoms with Crippen LogP contribution in [0.2, 0.25) is 0 Å². The lowest BCUT2D eigenvalue weighted by Gasteiger charge is -2.06. The fraction of sp³-hybridized carbons (Fsp3) is 0.0714. The molecule has 0 atom stereocenters. The average Bonchev–Trinajstić information content (AvgIpc) is 2.43. The van der Waals surface area contributed by atoms with Crippen LogP contribution in [0.5, 0.6) is 0 Å². The summed E-state index contributed by atoms with van der Waals surface area (Å²) in [5, 5.41) is 0. The second-order valence-corrected chi connectivity index (χ2v) is 3.78. The molecule has 94 valence electrons. The maximum atomic E-state index is 12.1. The third-order valence-electron chi connectivity index (χ3n) is 2.54. The van der Waals surface area contributed by atoms with Gasteiger partial charge in [0, 0.05) is 17.8 Å². The zero-order valence-corrected chi connectivity index (χ0v) is 9.95. The van der Waals surface area contributed by atoms with Gasteiger partial charge >= 0.3 is 5.69 Å². The summed E-state index contributed by atoms with van der Waals surface area (Å²) in [6, 6.07) is 9.25. The summed E-state index contributed by atoms with van der Waals surface area (Å²) in [4.78, 5) is 35.8. The van der Waals surface area contributed by atoms with Crippen LogP contribution < -0.4 is 11.2 Å². The molecule has 0 spiro atoms. The first-order valence-electron chi connectivity index (χ1n) is 5.51. The first-order chi connectivity index (χ1) is 9.15. The Balaban J connectivity index is 2.61. The molecule has 0 radical (unpaired) electrons. The van der Waals surface area contributed by atoms with Gasteiger partial charge in [-0.1, -0.05) is 24.1 Å². The van der Waals surface area contributed by atoms with Crippen LogP contribution in [0.1, 0.15) is 10.4 Å². The van der Waals surface area contributed by atoms with Gasteiger partial charge in [-0.3, -0.25) is 14.2 Å². The van der Waals surface area contributed by atoms with Crippen molar-refractivity contribution in [3.63, 3.8) is 0 Å². The molecule has 0 aliphatic carbocycles. The van der Waals surface area contributed by atoms with Gasteiger partial charge in [0.05, 0.1) is 6.54 Å². The van der Waals surface area contributed by atoms with Gasteiger partial charge in [-0.15, -0.1) is 6.42 Å². The van der Waals surface area contributed by atoms with Gasteiger partial charge in [-0.2, -0.15) is 4.57 Å². The highest BCUT2D eigenvalue weighted by molar-refractivity contribution is 5.95. The first-order valence-corrected chi connectivity index (χ1v) is 5.51. The lowest BCUT2D eigenvalue weighted by molar-refractivity contribution is 0.0948. The molecular weight excluding hydrogens is 244 g/mol. The zero-order chi connectivity index (χ0) is 13.8. The van der Waals surface area contributed by atoms with Crippen LogP contribution in [0.15, 0.2) is 52.2 Å². The Labute approximate surface area is 108 Å². The maximum Gasteiger partial charge on any atom is 0.339 e. The Bertz CT molecular complexity index is 764. The highest BCUT2D eigenvalue weighted by Crippen LogP contribution is 1.99. The standard InChI is InChI=1S/C14H10N2O3/c1-2-9-15-10-8-12(17)16(14(15)19)13(18)11-6-4-3-5-7-11/h1,3-8,10H,9H2. The Kier molecular flexibility index (Phi) is 3.44. The van der Waals surface area contributed by atoms with Gasteiger partial charge < -0.3 is 0 Å². The molecule has 2 rings (SSSR count). The summed E-state index contributed by atoms with van der Waals surface area (Å²) in [5.41, 5.74) is -1.15. The minimum absolute atomic E-state index is 0.00117. The number of benzene rings is 1. The summed E-state index contributed by atoms with van der Waals surface area (Å²) in [6.45, 7) is 0.00117. The van der Waals surface area contributed by atoms with E-state index in [1.54, 1.807) is 18.2 Å². The van der Waals surface area contributed by atoms with Crippen molar-refractivity contribution in [2.24, 2.45) is 0 Å². The van der Waals surface area contributed by atoms with Crippen molar-refractivity contribution >= 4 is 5.91 Å². The molecule has 0 N–H and O–H groups in total. The molecule has 5 heteroatoms. The molecule has 2 aromatic rings. The Morgan fingerprint density at radius 1 is 1.16 bits per heavy atom. The van der Waals surface area contributed by atoms with Crippen LogP contribution in [0.4, 0.5) is 0 Å². The number of terminal acetylenes is 1. The Hall–Kier alpha value is -2.87. The molecule has 0 bridgehead atoms. The molecule has 0 aliphatic rings. The van der Waals surface area contributed by atoms with Crippen molar-refractivity contribution in [2.75, 3.05) is 0 Å². The van der Waals surface area contributed by atoms with E-state index in [0.29, 0.717) is 4.57 Å². The van der Waals surface area contributed by atoms with Gasteiger partial charge in [-0.25, -0.2) is 4.79 Å². The molecule has 0 amide bonds. The lowest BCUT2D eigenvalue weighted by Crippen LogP contribution is -2.43. The number of carbonyl (C=O) groups is 1. The molecule has 1 aromatic carbocycles. The van der Waals surface area contributed by atoms with Gasteiger partial charge in [-0.05, 0) is 12.1 Å². The predicted molar refractivity (Wildman–Crippen MR) is 70.0 cm³/mol. The van der Waals surface area contributed by atoms with Gasteiger partial charge in [0.15, 0.2) is 0 Å². The van der Waals surface area contributed by atoms with Crippen molar-refractivity contribution in [3.8, 4) is 12.3 Å². The molecule has 0 fully saturated rings. The Morgan fingerprint density at radius 3 is 2.47 bits per heavy atom. The van der Waals surface area contributed by atoms with Crippen molar-refractivity contribution < 1.29 is 4.79 Å². The molecular formula is C14H10N2O3. The largest absolute Gasteiger partial charge is 0.339 e. The summed E-state index contributed by atoms with van der Waals surface area (Å²) in [5.74, 6) is 1.62. The second-order valence-electron chi connectivity index (χ2n) is 3.78. The summed E-state index contributed by atoms with van der Waals surface area (Å²) < 4.78 is 1.70. The third kappa shape index (κ3) is 2.38. The molecule has 0 saturated heterocycles. The van der Waals surface area contributed by atoms with E-state index in [-0.39, 0.29) is 12.1 Å². The van der Waals surface area contributed by atoms with E-state index in [2.05, 4.69) is 5.92 Å². The number of hydrogen-bond donors (Lipinski definition) is 0. The van der Waals surface area contributed by atoms with E-state index < -0.39 is 17.2 Å². The molecule has 1 aromatic heterocycles. The highest BCUT2D eigenvalue weighted by atomic mass is 16.2. The topological polar surface area (TPSA) is 61.1 Å². The monoisotopic (exact) mass is 254 g/mol. The van der Waals surface area contributed by atoms with Crippen LogP contribution in [0, 0.1) is 12.3 Å². The maximum absolute atomic E-state index is 12.1. The van der Waals surface area contributed by atoms with Crippen LogP contribution in [-0.2, 0) is 6.54 Å². The van der Waals surface area contributed by atoms with Crippen LogP contribution in [-0.4, -0.2) is 15.0 Å². The lowest BCUT2D eigenvalue weighted by atomic mass is 10.2. The number of rotatable bonds is 2. The van der Waals surface area contributed by atoms with Crippen LogP contribution >= 0.6 is 0 Å². The average molecular weight is 254 g/mol. The van der Waals surface area contributed by atoms with Crippen molar-refractivity contribution in [2.45, 2.75) is 6.54 Å². The minimum atomic E-state index is -0.737. The summed E-state index contributed by atoms with van der Waals surface area (Å²) in [6.07, 6.45) is 6.40. The number of hydrogen-bond acceptors (Lipinski definition) is 3. The minimum Gasteiger partial charge on any atom is -0.288 e. The third-order valence-corrected chi connectivity index (χ3v) is 2.54. The van der Waals surface area contributed by atoms with Gasteiger partial charge in [0.2, 0.25) is 0 Å². The summed E-state index contributed by atoms with van der Waals surface area (Å²) >= 11 is 0. The quantitative estimate of drug-likeness (QED) is 0.726. The smallest absolute Gasteiger partial charge is 0.288 e. The van der Waals surface area contributed by atoms with Crippen LogP contribution in [0.25, 0.3) is 0 Å². The van der Waals surface area contributed by atoms with E-state index >= 15 is 0 Å². The number of aromatic nitrogens is 2. The Morgan fingerprint density at radius 2 is 1.84 bits per heavy atom.